The highest BCUT2D eigenvalue weighted by molar-refractivity contribution is 8.25. The second kappa shape index (κ2) is 8.38. The summed E-state index contributed by atoms with van der Waals surface area (Å²) in [7, 11) is 3.67. The molecule has 2 aromatic carbocycles. The summed E-state index contributed by atoms with van der Waals surface area (Å²) in [5.74, 6) is -0.636. The lowest BCUT2D eigenvalue weighted by atomic mass is 9.72. The number of hydrogen-bond donors (Lipinski definition) is 0. The molecule has 3 atom stereocenters. The SMILES string of the molecule is CN1C(=O)[C@]2(c3cc(Cl)ccc31)N(C)C[C@@H](c1cccnc1)[C@]21SC(=S)N(Cc2ccccc2)C1=O. The van der Waals surface area contributed by atoms with Gasteiger partial charge in [-0.1, -0.05) is 72.0 Å². The summed E-state index contributed by atoms with van der Waals surface area (Å²) in [5.41, 5.74) is 2.09. The van der Waals surface area contributed by atoms with E-state index in [-0.39, 0.29) is 17.7 Å². The molecule has 9 heteroatoms. The van der Waals surface area contributed by atoms with Gasteiger partial charge >= 0.3 is 0 Å². The van der Waals surface area contributed by atoms with Gasteiger partial charge in [-0.3, -0.25) is 24.4 Å². The van der Waals surface area contributed by atoms with Crippen LogP contribution >= 0.6 is 35.6 Å². The first-order valence-electron chi connectivity index (χ1n) is 11.6. The molecular formula is C27H23ClN4O2S2. The van der Waals surface area contributed by atoms with Crippen LogP contribution in [0.1, 0.15) is 22.6 Å². The molecule has 182 valence electrons. The standard InChI is InChI=1S/C27H23ClN4O2S2/c1-30-16-21(18-9-6-12-29-14-18)27(24(34)32(25(35)36-27)15-17-7-4-3-5-8-17)26(30)20-13-19(28)10-11-22(20)31(2)23(26)33/h3-14,21H,15-16H2,1-2H3/t21-,26-,27+/m0/s1. The molecule has 36 heavy (non-hydrogen) atoms. The Bertz CT molecular complexity index is 1410. The number of aromatic nitrogens is 1. The van der Waals surface area contributed by atoms with Crippen molar-refractivity contribution < 1.29 is 9.59 Å². The molecule has 0 saturated carbocycles. The van der Waals surface area contributed by atoms with Crippen molar-refractivity contribution in [1.29, 1.82) is 0 Å². The largest absolute Gasteiger partial charge is 0.313 e. The van der Waals surface area contributed by atoms with Gasteiger partial charge in [0, 0.05) is 48.2 Å². The fraction of sp³-hybridized carbons (Fsp3) is 0.259. The number of likely N-dealkylation sites (tertiary alicyclic amines) is 1. The Labute approximate surface area is 224 Å². The first-order chi connectivity index (χ1) is 17.3. The fourth-order valence-electron chi connectivity index (χ4n) is 6.15. The average Bonchev–Trinajstić information content (AvgIpc) is 3.38. The molecule has 0 N–H and O–H groups in total. The summed E-state index contributed by atoms with van der Waals surface area (Å²) in [6, 6.07) is 19.1. The van der Waals surface area contributed by atoms with Crippen LogP contribution in [0.4, 0.5) is 5.69 Å². The minimum atomic E-state index is -1.28. The highest BCUT2D eigenvalue weighted by Crippen LogP contribution is 2.66. The molecule has 6 nitrogen and oxygen atoms in total. The number of thiocarbonyl (C=S) groups is 1. The number of carbonyl (C=O) groups is 2. The topological polar surface area (TPSA) is 56.8 Å². The van der Waals surface area contributed by atoms with Gasteiger partial charge in [-0.25, -0.2) is 0 Å². The van der Waals surface area contributed by atoms with Crippen LogP contribution in [0.25, 0.3) is 0 Å². The highest BCUT2D eigenvalue weighted by atomic mass is 35.5. The molecule has 3 aliphatic rings. The summed E-state index contributed by atoms with van der Waals surface area (Å²) in [4.78, 5) is 38.8. The van der Waals surface area contributed by atoms with Gasteiger partial charge in [0.1, 0.15) is 9.07 Å². The van der Waals surface area contributed by atoms with Gasteiger partial charge < -0.3 is 4.90 Å². The van der Waals surface area contributed by atoms with Gasteiger partial charge in [0.05, 0.1) is 6.54 Å². The van der Waals surface area contributed by atoms with Crippen LogP contribution in [0, 0.1) is 0 Å². The van der Waals surface area contributed by atoms with Gasteiger partial charge in [-0.15, -0.1) is 0 Å². The predicted octanol–water partition coefficient (Wildman–Crippen LogP) is 4.44. The first-order valence-corrected chi connectivity index (χ1v) is 13.2. The Morgan fingerprint density at radius 1 is 1.08 bits per heavy atom. The lowest BCUT2D eigenvalue weighted by Crippen LogP contribution is -2.62. The molecule has 1 aromatic heterocycles. The number of fused-ring (bicyclic) bond motifs is 3. The van der Waals surface area contributed by atoms with E-state index < -0.39 is 10.3 Å². The number of nitrogens with zero attached hydrogens (tertiary/aromatic N) is 4. The first kappa shape index (κ1) is 23.6. The molecule has 3 aliphatic heterocycles. The molecule has 6 rings (SSSR count). The Kier molecular flexibility index (Phi) is 5.50. The van der Waals surface area contributed by atoms with Gasteiger partial charge in [0.15, 0.2) is 5.54 Å². The third kappa shape index (κ3) is 2.96. The highest BCUT2D eigenvalue weighted by Gasteiger charge is 2.78. The lowest BCUT2D eigenvalue weighted by Gasteiger charge is -2.42. The fourth-order valence-corrected chi connectivity index (χ4v) is 8.45. The summed E-state index contributed by atoms with van der Waals surface area (Å²) in [6.07, 6.45) is 3.50. The van der Waals surface area contributed by atoms with Crippen LogP contribution in [0.5, 0.6) is 0 Å². The lowest BCUT2D eigenvalue weighted by molar-refractivity contribution is -0.139. The maximum absolute atomic E-state index is 14.7. The van der Waals surface area contributed by atoms with E-state index in [1.54, 1.807) is 35.3 Å². The number of carbonyl (C=O) groups excluding carboxylic acids is 2. The zero-order valence-electron chi connectivity index (χ0n) is 19.7. The third-order valence-electron chi connectivity index (χ3n) is 7.68. The van der Waals surface area contributed by atoms with Crippen molar-refractivity contribution in [1.82, 2.24) is 14.8 Å². The molecule has 2 saturated heterocycles. The minimum absolute atomic E-state index is 0.154. The van der Waals surface area contributed by atoms with Crippen molar-refractivity contribution >= 4 is 57.4 Å². The Hall–Kier alpha value is -2.78. The number of pyridine rings is 1. The average molecular weight is 535 g/mol. The molecule has 4 heterocycles. The van der Waals surface area contributed by atoms with Crippen LogP contribution in [0.3, 0.4) is 0 Å². The molecule has 2 spiro atoms. The van der Waals surface area contributed by atoms with Crippen molar-refractivity contribution in [2.45, 2.75) is 22.7 Å². The van der Waals surface area contributed by atoms with E-state index in [1.165, 1.54) is 11.8 Å². The van der Waals surface area contributed by atoms with Gasteiger partial charge in [0.25, 0.3) is 5.91 Å². The zero-order chi connectivity index (χ0) is 25.2. The van der Waals surface area contributed by atoms with Gasteiger partial charge in [0.2, 0.25) is 5.91 Å². The molecule has 0 aliphatic carbocycles. The van der Waals surface area contributed by atoms with Gasteiger partial charge in [-0.05, 0) is 42.4 Å². The van der Waals surface area contributed by atoms with Crippen molar-refractivity contribution in [3.8, 4) is 0 Å². The summed E-state index contributed by atoms with van der Waals surface area (Å²) in [6.45, 7) is 0.830. The smallest absolute Gasteiger partial charge is 0.254 e. The molecule has 0 unspecified atom stereocenters. The number of halogens is 1. The van der Waals surface area contributed by atoms with Crippen LogP contribution in [-0.4, -0.2) is 56.3 Å². The minimum Gasteiger partial charge on any atom is -0.313 e. The second-order valence-corrected chi connectivity index (χ2v) is 11.8. The maximum Gasteiger partial charge on any atom is 0.254 e. The van der Waals surface area contributed by atoms with E-state index in [0.29, 0.717) is 22.4 Å². The summed E-state index contributed by atoms with van der Waals surface area (Å²) >= 11 is 13.7. The third-order valence-corrected chi connectivity index (χ3v) is 9.86. The van der Waals surface area contributed by atoms with Crippen LogP contribution in [-0.2, 0) is 21.7 Å². The van der Waals surface area contributed by atoms with Crippen molar-refractivity contribution in [3.05, 3.63) is 94.8 Å². The molecule has 0 bridgehead atoms. The molecule has 3 aromatic rings. The number of thioether (sulfide) groups is 1. The molecule has 2 amide bonds. The Morgan fingerprint density at radius 2 is 1.86 bits per heavy atom. The van der Waals surface area contributed by atoms with E-state index in [0.717, 1.165) is 22.4 Å². The number of hydrogen-bond acceptors (Lipinski definition) is 6. The van der Waals surface area contributed by atoms with E-state index in [2.05, 4.69) is 4.98 Å². The van der Waals surface area contributed by atoms with Crippen LogP contribution < -0.4 is 4.90 Å². The second-order valence-electron chi connectivity index (χ2n) is 9.44. The molecule has 0 radical (unpaired) electrons. The Balaban J connectivity index is 1.60. The van der Waals surface area contributed by atoms with Crippen LogP contribution in [0.15, 0.2) is 73.1 Å². The van der Waals surface area contributed by atoms with Crippen molar-refractivity contribution in [3.63, 3.8) is 0 Å². The zero-order valence-corrected chi connectivity index (χ0v) is 22.1. The number of anilines is 1. The number of benzene rings is 2. The van der Waals surface area contributed by atoms with E-state index in [9.17, 15) is 9.59 Å². The van der Waals surface area contributed by atoms with Crippen LogP contribution in [0.2, 0.25) is 5.02 Å². The number of amides is 2. The predicted molar refractivity (Wildman–Crippen MR) is 146 cm³/mol. The molecular weight excluding hydrogens is 512 g/mol. The summed E-state index contributed by atoms with van der Waals surface area (Å²) in [5, 5.41) is 0.517. The Morgan fingerprint density at radius 3 is 2.58 bits per heavy atom. The van der Waals surface area contributed by atoms with Crippen molar-refractivity contribution in [2.24, 2.45) is 0 Å². The maximum atomic E-state index is 14.7. The molecule has 2 fully saturated rings. The van der Waals surface area contributed by atoms with E-state index in [4.69, 9.17) is 23.8 Å². The number of rotatable bonds is 3. The van der Waals surface area contributed by atoms with Gasteiger partial charge in [-0.2, -0.15) is 0 Å². The van der Waals surface area contributed by atoms with E-state index in [1.807, 2.05) is 66.5 Å². The van der Waals surface area contributed by atoms with Crippen molar-refractivity contribution in [2.75, 3.05) is 25.5 Å². The summed E-state index contributed by atoms with van der Waals surface area (Å²) < 4.78 is -0.754. The monoisotopic (exact) mass is 534 g/mol. The normalized spacial score (nSPS) is 27.6. The quantitative estimate of drug-likeness (QED) is 0.463. The number of likely N-dealkylation sites (N-methyl/N-ethyl adjacent to an activating group) is 2. The van der Waals surface area contributed by atoms with E-state index >= 15 is 0 Å².